The van der Waals surface area contributed by atoms with Gasteiger partial charge in [-0.2, -0.15) is 0 Å². The molecule has 7 nitrogen and oxygen atoms in total. The number of hydrogen-bond acceptors (Lipinski definition) is 6. The van der Waals surface area contributed by atoms with Gasteiger partial charge in [-0.05, 0) is 68.1 Å². The van der Waals surface area contributed by atoms with Crippen molar-refractivity contribution in [2.24, 2.45) is 0 Å². The lowest BCUT2D eigenvalue weighted by Gasteiger charge is -2.37. The molecule has 0 aromatic heterocycles. The molecule has 0 saturated carbocycles. The molecule has 0 spiro atoms. The number of nitrogens with zero attached hydrogens (tertiary/aromatic N) is 2. The van der Waals surface area contributed by atoms with Crippen LogP contribution < -0.4 is 19.1 Å². The van der Waals surface area contributed by atoms with Gasteiger partial charge < -0.3 is 19.3 Å². The highest BCUT2D eigenvalue weighted by molar-refractivity contribution is 7.89. The molecule has 2 aliphatic rings. The molecule has 174 valence electrons. The van der Waals surface area contributed by atoms with Crippen LogP contribution in [0, 0.1) is 6.92 Å². The van der Waals surface area contributed by atoms with E-state index in [1.807, 2.05) is 0 Å². The molecule has 1 fully saturated rings. The molecule has 0 radical (unpaired) electrons. The van der Waals surface area contributed by atoms with Gasteiger partial charge in [-0.25, -0.2) is 13.1 Å². The van der Waals surface area contributed by atoms with E-state index in [4.69, 9.17) is 9.47 Å². The Kier molecular flexibility index (Phi) is 6.65. The van der Waals surface area contributed by atoms with Gasteiger partial charge in [0.1, 0.15) is 0 Å². The van der Waals surface area contributed by atoms with Crippen LogP contribution in [0.1, 0.15) is 23.1 Å². The lowest BCUT2D eigenvalue weighted by Crippen LogP contribution is -2.45. The van der Waals surface area contributed by atoms with Crippen molar-refractivity contribution in [2.75, 3.05) is 52.3 Å². The predicted octanol–water partition coefficient (Wildman–Crippen LogP) is 2.60. The van der Waals surface area contributed by atoms with Gasteiger partial charge in [0.05, 0.1) is 19.1 Å². The van der Waals surface area contributed by atoms with Crippen LogP contribution in [-0.4, -0.2) is 66.8 Å². The minimum absolute atomic E-state index is 0.145. The predicted molar refractivity (Wildman–Crippen MR) is 127 cm³/mol. The summed E-state index contributed by atoms with van der Waals surface area (Å²) in [5.74, 6) is 0.905. The van der Waals surface area contributed by atoms with Crippen LogP contribution >= 0.6 is 0 Å². The van der Waals surface area contributed by atoms with E-state index in [2.05, 4.69) is 40.6 Å². The number of anilines is 1. The Balaban J connectivity index is 1.57. The van der Waals surface area contributed by atoms with Crippen LogP contribution in [0.25, 0.3) is 0 Å². The molecule has 4 rings (SSSR count). The molecule has 0 bridgehead atoms. The van der Waals surface area contributed by atoms with Crippen LogP contribution in [0.2, 0.25) is 0 Å². The zero-order chi connectivity index (χ0) is 22.9. The molecule has 0 unspecified atom stereocenters. The van der Waals surface area contributed by atoms with Gasteiger partial charge in [0.2, 0.25) is 10.0 Å². The van der Waals surface area contributed by atoms with Gasteiger partial charge in [-0.1, -0.05) is 6.07 Å². The zero-order valence-corrected chi connectivity index (χ0v) is 20.2. The summed E-state index contributed by atoms with van der Waals surface area (Å²) in [6.45, 7) is 6.22. The summed E-state index contributed by atoms with van der Waals surface area (Å²) in [7, 11) is 1.51. The first-order valence-electron chi connectivity index (χ1n) is 11.1. The Labute approximate surface area is 191 Å². The third-order valence-electron chi connectivity index (χ3n) is 6.67. The molecule has 8 heteroatoms. The minimum atomic E-state index is -3.68. The van der Waals surface area contributed by atoms with E-state index in [1.165, 1.54) is 42.7 Å². The highest BCUT2D eigenvalue weighted by atomic mass is 32.2. The van der Waals surface area contributed by atoms with Crippen molar-refractivity contribution in [3.63, 3.8) is 0 Å². The van der Waals surface area contributed by atoms with E-state index in [1.54, 1.807) is 12.1 Å². The number of nitrogens with one attached hydrogen (secondary N) is 1. The largest absolute Gasteiger partial charge is 0.493 e. The molecule has 2 aromatic carbocycles. The first kappa shape index (κ1) is 22.9. The summed E-state index contributed by atoms with van der Waals surface area (Å²) in [5.41, 5.74) is 5.22. The van der Waals surface area contributed by atoms with E-state index < -0.39 is 10.0 Å². The number of hydrogen-bond donors (Lipinski definition) is 1. The average Bonchev–Trinajstić information content (AvgIpc) is 2.79. The van der Waals surface area contributed by atoms with Crippen molar-refractivity contribution in [3.8, 4) is 11.5 Å². The van der Waals surface area contributed by atoms with E-state index >= 15 is 0 Å². The van der Waals surface area contributed by atoms with Crippen molar-refractivity contribution in [2.45, 2.75) is 37.1 Å². The highest BCUT2D eigenvalue weighted by Gasteiger charge is 2.29. The summed E-state index contributed by atoms with van der Waals surface area (Å²) >= 11 is 0. The number of piperazine rings is 1. The standard InChI is InChI=1S/C24H33N3O4S/c1-17-5-9-22(27-13-11-26(2)12-14-27)21-15-18(6-8-20(17)21)25-32(28,29)19-7-10-23(30-3)24(16-19)31-4/h5,7,9-10,16,18,25H,6,8,11-15H2,1-4H3/t18-/m1/s1. The maximum absolute atomic E-state index is 13.1. The molecule has 1 aliphatic heterocycles. The molecule has 1 heterocycles. The Morgan fingerprint density at radius 1 is 0.969 bits per heavy atom. The first-order valence-corrected chi connectivity index (χ1v) is 12.6. The maximum Gasteiger partial charge on any atom is 0.240 e. The molecule has 0 amide bonds. The van der Waals surface area contributed by atoms with Crippen molar-refractivity contribution < 1.29 is 17.9 Å². The van der Waals surface area contributed by atoms with E-state index in [0.29, 0.717) is 17.9 Å². The summed E-state index contributed by atoms with van der Waals surface area (Å²) in [4.78, 5) is 4.98. The fraction of sp³-hybridized carbons (Fsp3) is 0.500. The lowest BCUT2D eigenvalue weighted by atomic mass is 9.84. The molecular weight excluding hydrogens is 426 g/mol. The van der Waals surface area contributed by atoms with Crippen molar-refractivity contribution >= 4 is 15.7 Å². The van der Waals surface area contributed by atoms with Crippen LogP contribution in [-0.2, 0) is 22.9 Å². The van der Waals surface area contributed by atoms with Gasteiger partial charge in [-0.3, -0.25) is 0 Å². The molecular formula is C24H33N3O4S. The van der Waals surface area contributed by atoms with Crippen LogP contribution in [0.3, 0.4) is 0 Å². The van der Waals surface area contributed by atoms with Gasteiger partial charge in [0.25, 0.3) is 0 Å². The molecule has 1 atom stereocenters. The summed E-state index contributed by atoms with van der Waals surface area (Å²) in [6, 6.07) is 8.97. The number of likely N-dealkylation sites (N-methyl/N-ethyl adjacent to an activating group) is 1. The quantitative estimate of drug-likeness (QED) is 0.716. The van der Waals surface area contributed by atoms with E-state index in [-0.39, 0.29) is 10.9 Å². The smallest absolute Gasteiger partial charge is 0.240 e. The van der Waals surface area contributed by atoms with Crippen molar-refractivity contribution in [3.05, 3.63) is 47.0 Å². The summed E-state index contributed by atoms with van der Waals surface area (Å²) in [5, 5.41) is 0. The van der Waals surface area contributed by atoms with Gasteiger partial charge in [0.15, 0.2) is 11.5 Å². The zero-order valence-electron chi connectivity index (χ0n) is 19.3. The molecule has 1 aliphatic carbocycles. The Hall–Kier alpha value is -2.29. The van der Waals surface area contributed by atoms with Crippen molar-refractivity contribution in [1.29, 1.82) is 0 Å². The number of rotatable bonds is 6. The highest BCUT2D eigenvalue weighted by Crippen LogP contribution is 2.34. The Bertz CT molecular complexity index is 1080. The lowest BCUT2D eigenvalue weighted by molar-refractivity contribution is 0.312. The van der Waals surface area contributed by atoms with Gasteiger partial charge >= 0.3 is 0 Å². The first-order chi connectivity index (χ1) is 15.3. The number of fused-ring (bicyclic) bond motifs is 1. The molecule has 2 aromatic rings. The summed E-state index contributed by atoms with van der Waals surface area (Å²) < 4.78 is 39.8. The topological polar surface area (TPSA) is 71.1 Å². The number of sulfonamides is 1. The maximum atomic E-state index is 13.1. The summed E-state index contributed by atoms with van der Waals surface area (Å²) in [6.07, 6.45) is 2.36. The Morgan fingerprint density at radius 3 is 2.38 bits per heavy atom. The van der Waals surface area contributed by atoms with Gasteiger partial charge in [-0.15, -0.1) is 0 Å². The normalized spacial score (nSPS) is 19.5. The van der Waals surface area contributed by atoms with Crippen LogP contribution in [0.5, 0.6) is 11.5 Å². The van der Waals surface area contributed by atoms with Gasteiger partial charge in [0, 0.05) is 44.0 Å². The number of methoxy groups -OCH3 is 2. The molecule has 1 N–H and O–H groups in total. The second-order valence-corrected chi connectivity index (χ2v) is 10.4. The fourth-order valence-corrected chi connectivity index (χ4v) is 6.04. The van der Waals surface area contributed by atoms with Crippen LogP contribution in [0.15, 0.2) is 35.2 Å². The van der Waals surface area contributed by atoms with E-state index in [0.717, 1.165) is 39.0 Å². The minimum Gasteiger partial charge on any atom is -0.493 e. The number of benzene rings is 2. The van der Waals surface area contributed by atoms with Crippen molar-refractivity contribution in [1.82, 2.24) is 9.62 Å². The SMILES string of the molecule is COc1ccc(S(=O)(=O)N[C@@H]2CCc3c(C)ccc(N4CCN(C)CC4)c3C2)cc1OC. The van der Waals surface area contributed by atoms with E-state index in [9.17, 15) is 8.42 Å². The number of aryl methyl sites for hydroxylation is 1. The monoisotopic (exact) mass is 459 g/mol. The van der Waals surface area contributed by atoms with Crippen LogP contribution in [0.4, 0.5) is 5.69 Å². The third-order valence-corrected chi connectivity index (χ3v) is 8.18. The molecule has 32 heavy (non-hydrogen) atoms. The average molecular weight is 460 g/mol. The fourth-order valence-electron chi connectivity index (χ4n) is 4.76. The Morgan fingerprint density at radius 2 is 1.69 bits per heavy atom. The third kappa shape index (κ3) is 4.58. The second kappa shape index (κ2) is 9.29. The second-order valence-electron chi connectivity index (χ2n) is 8.73. The number of ether oxygens (including phenoxy) is 2. The molecule has 1 saturated heterocycles.